The van der Waals surface area contributed by atoms with Gasteiger partial charge in [0.15, 0.2) is 0 Å². The lowest BCUT2D eigenvalue weighted by Gasteiger charge is -2.41. The molecule has 2 fully saturated rings. The lowest BCUT2D eigenvalue weighted by molar-refractivity contribution is -0.163. The highest BCUT2D eigenvalue weighted by Crippen LogP contribution is 2.32. The number of hydrogen-bond acceptors (Lipinski definition) is 6. The van der Waals surface area contributed by atoms with Crippen molar-refractivity contribution in [3.8, 4) is 0 Å². The fourth-order valence-electron chi connectivity index (χ4n) is 3.26. The number of hydrogen-bond donors (Lipinski definition) is 1. The molecular weight excluding hydrogens is 348 g/mol. The monoisotopic (exact) mass is 376 g/mol. The van der Waals surface area contributed by atoms with Gasteiger partial charge < -0.3 is 19.9 Å². The summed E-state index contributed by atoms with van der Waals surface area (Å²) in [6.07, 6.45) is 0.911. The standard InChI is InChI=1S/C20H28N2O5/c1-2-25-20(24)22-11-10-16(17(18(22)21)26-12-15-8-9-15)19(23)27-13-14-6-4-3-5-7-14/h3-7,15-18H,2,8-13,21H2,1H3/t16-,17+,18?/m1/s1. The number of ether oxygens (including phenoxy) is 3. The van der Waals surface area contributed by atoms with Gasteiger partial charge >= 0.3 is 12.1 Å². The Balaban J connectivity index is 1.64. The molecule has 1 saturated heterocycles. The Bertz CT molecular complexity index is 635. The van der Waals surface area contributed by atoms with E-state index in [1.165, 1.54) is 4.90 Å². The van der Waals surface area contributed by atoms with Gasteiger partial charge in [0.05, 0.1) is 12.5 Å². The smallest absolute Gasteiger partial charge is 0.411 e. The third kappa shape index (κ3) is 5.20. The maximum absolute atomic E-state index is 12.7. The van der Waals surface area contributed by atoms with Crippen LogP contribution in [0.3, 0.4) is 0 Å². The summed E-state index contributed by atoms with van der Waals surface area (Å²) in [6.45, 7) is 3.13. The number of amides is 1. The van der Waals surface area contributed by atoms with Crippen LogP contribution in [0.5, 0.6) is 0 Å². The van der Waals surface area contributed by atoms with Crippen LogP contribution in [0.25, 0.3) is 0 Å². The van der Waals surface area contributed by atoms with Crippen LogP contribution >= 0.6 is 0 Å². The molecule has 2 N–H and O–H groups in total. The number of esters is 1. The summed E-state index contributed by atoms with van der Waals surface area (Å²) in [6, 6.07) is 9.53. The van der Waals surface area contributed by atoms with Gasteiger partial charge in [-0.2, -0.15) is 0 Å². The molecule has 1 amide bonds. The highest BCUT2D eigenvalue weighted by Gasteiger charge is 2.44. The minimum atomic E-state index is -0.731. The van der Waals surface area contributed by atoms with E-state index in [2.05, 4.69) is 0 Å². The van der Waals surface area contributed by atoms with Gasteiger partial charge in [-0.15, -0.1) is 0 Å². The van der Waals surface area contributed by atoms with Crippen molar-refractivity contribution in [3.05, 3.63) is 35.9 Å². The van der Waals surface area contributed by atoms with Gasteiger partial charge in [-0.25, -0.2) is 4.79 Å². The topological polar surface area (TPSA) is 91.1 Å². The molecule has 1 saturated carbocycles. The van der Waals surface area contributed by atoms with Gasteiger partial charge in [-0.05, 0) is 37.7 Å². The van der Waals surface area contributed by atoms with Crippen molar-refractivity contribution in [2.24, 2.45) is 17.6 Å². The van der Waals surface area contributed by atoms with Gasteiger partial charge in [-0.1, -0.05) is 30.3 Å². The van der Waals surface area contributed by atoms with E-state index in [1.807, 2.05) is 30.3 Å². The average molecular weight is 376 g/mol. The number of benzene rings is 1. The Kier molecular flexibility index (Phi) is 6.68. The maximum Gasteiger partial charge on any atom is 0.411 e. The van der Waals surface area contributed by atoms with Crippen molar-refractivity contribution >= 4 is 12.1 Å². The normalized spacial score (nSPS) is 25.1. The molecule has 0 radical (unpaired) electrons. The number of carbonyl (C=O) groups is 2. The molecule has 1 aliphatic heterocycles. The van der Waals surface area contributed by atoms with E-state index < -0.39 is 24.3 Å². The second-order valence-corrected chi connectivity index (χ2v) is 7.11. The molecule has 7 nitrogen and oxygen atoms in total. The first kappa shape index (κ1) is 19.6. The first-order valence-electron chi connectivity index (χ1n) is 9.61. The molecule has 0 bridgehead atoms. The van der Waals surface area contributed by atoms with Crippen molar-refractivity contribution in [1.82, 2.24) is 4.90 Å². The summed E-state index contributed by atoms with van der Waals surface area (Å²) in [5, 5.41) is 0. The van der Waals surface area contributed by atoms with Gasteiger partial charge in [0, 0.05) is 13.2 Å². The third-order valence-electron chi connectivity index (χ3n) is 5.02. The van der Waals surface area contributed by atoms with Gasteiger partial charge in [0.25, 0.3) is 0 Å². The summed E-state index contributed by atoms with van der Waals surface area (Å²) in [7, 11) is 0. The van der Waals surface area contributed by atoms with Crippen LogP contribution in [-0.2, 0) is 25.6 Å². The minimum absolute atomic E-state index is 0.211. The fourth-order valence-corrected chi connectivity index (χ4v) is 3.26. The lowest BCUT2D eigenvalue weighted by atomic mass is 9.91. The fraction of sp³-hybridized carbons (Fsp3) is 0.600. The number of nitrogens with zero attached hydrogens (tertiary/aromatic N) is 1. The molecule has 1 unspecified atom stereocenters. The minimum Gasteiger partial charge on any atom is -0.461 e. The summed E-state index contributed by atoms with van der Waals surface area (Å²) < 4.78 is 16.6. The second kappa shape index (κ2) is 9.19. The van der Waals surface area contributed by atoms with E-state index in [0.29, 0.717) is 25.5 Å². The molecule has 1 aliphatic carbocycles. The van der Waals surface area contributed by atoms with E-state index in [4.69, 9.17) is 19.9 Å². The second-order valence-electron chi connectivity index (χ2n) is 7.11. The van der Waals surface area contributed by atoms with Crippen LogP contribution in [0.4, 0.5) is 4.79 Å². The molecule has 1 aromatic rings. The van der Waals surface area contributed by atoms with Crippen LogP contribution in [0.2, 0.25) is 0 Å². The zero-order chi connectivity index (χ0) is 19.2. The summed E-state index contributed by atoms with van der Waals surface area (Å²) >= 11 is 0. The zero-order valence-corrected chi connectivity index (χ0v) is 15.7. The zero-order valence-electron chi connectivity index (χ0n) is 15.7. The molecule has 1 aromatic carbocycles. The Hall–Kier alpha value is -2.12. The SMILES string of the molecule is CCOC(=O)N1CC[C@@H](C(=O)OCc2ccccc2)[C@H](OCC2CC2)C1N. The lowest BCUT2D eigenvalue weighted by Crippen LogP contribution is -2.61. The number of piperidine rings is 1. The van der Waals surface area contributed by atoms with E-state index in [1.54, 1.807) is 6.92 Å². The van der Waals surface area contributed by atoms with Crippen molar-refractivity contribution in [1.29, 1.82) is 0 Å². The number of nitrogens with two attached hydrogens (primary N) is 1. The first-order valence-corrected chi connectivity index (χ1v) is 9.61. The molecule has 7 heteroatoms. The van der Waals surface area contributed by atoms with Crippen molar-refractivity contribution in [2.45, 2.75) is 45.1 Å². The first-order chi connectivity index (χ1) is 13.1. The van der Waals surface area contributed by atoms with Crippen LogP contribution in [0, 0.1) is 11.8 Å². The third-order valence-corrected chi connectivity index (χ3v) is 5.02. The Morgan fingerprint density at radius 1 is 1.15 bits per heavy atom. The highest BCUT2D eigenvalue weighted by atomic mass is 16.6. The van der Waals surface area contributed by atoms with E-state index in [9.17, 15) is 9.59 Å². The van der Waals surface area contributed by atoms with Crippen molar-refractivity contribution in [3.63, 3.8) is 0 Å². The predicted molar refractivity (Wildman–Crippen MR) is 98.5 cm³/mol. The summed E-state index contributed by atoms with van der Waals surface area (Å²) in [4.78, 5) is 26.3. The van der Waals surface area contributed by atoms with E-state index in [-0.39, 0.29) is 19.2 Å². The van der Waals surface area contributed by atoms with Crippen LogP contribution in [0.15, 0.2) is 30.3 Å². The quantitative estimate of drug-likeness (QED) is 0.734. The van der Waals surface area contributed by atoms with E-state index >= 15 is 0 Å². The number of carbonyl (C=O) groups excluding carboxylic acids is 2. The van der Waals surface area contributed by atoms with E-state index in [0.717, 1.165) is 18.4 Å². The van der Waals surface area contributed by atoms with Crippen LogP contribution in [0.1, 0.15) is 31.7 Å². The average Bonchev–Trinajstić information content (AvgIpc) is 3.50. The molecule has 27 heavy (non-hydrogen) atoms. The van der Waals surface area contributed by atoms with Crippen LogP contribution < -0.4 is 5.73 Å². The molecule has 3 atom stereocenters. The molecule has 0 aromatic heterocycles. The molecule has 1 heterocycles. The van der Waals surface area contributed by atoms with Crippen molar-refractivity contribution in [2.75, 3.05) is 19.8 Å². The van der Waals surface area contributed by atoms with Gasteiger partial charge in [0.1, 0.15) is 18.9 Å². The number of rotatable bonds is 7. The Morgan fingerprint density at radius 3 is 2.56 bits per heavy atom. The Morgan fingerprint density at radius 2 is 1.89 bits per heavy atom. The highest BCUT2D eigenvalue weighted by molar-refractivity contribution is 5.74. The Labute approximate surface area is 159 Å². The molecule has 3 rings (SSSR count). The predicted octanol–water partition coefficient (Wildman–Crippen LogP) is 2.29. The summed E-state index contributed by atoms with van der Waals surface area (Å²) in [5.74, 6) is -0.303. The molecule has 148 valence electrons. The molecular formula is C20H28N2O5. The summed E-state index contributed by atoms with van der Waals surface area (Å²) in [5.41, 5.74) is 7.21. The maximum atomic E-state index is 12.7. The number of likely N-dealkylation sites (tertiary alicyclic amines) is 1. The van der Waals surface area contributed by atoms with Gasteiger partial charge in [-0.3, -0.25) is 9.69 Å². The van der Waals surface area contributed by atoms with Crippen LogP contribution in [-0.4, -0.2) is 49.0 Å². The molecule has 2 aliphatic rings. The van der Waals surface area contributed by atoms with Crippen molar-refractivity contribution < 1.29 is 23.8 Å². The molecule has 0 spiro atoms. The largest absolute Gasteiger partial charge is 0.461 e. The van der Waals surface area contributed by atoms with Gasteiger partial charge in [0.2, 0.25) is 0 Å².